The predicted molar refractivity (Wildman–Crippen MR) is 112 cm³/mol. The van der Waals surface area contributed by atoms with Crippen LogP contribution in [0.3, 0.4) is 0 Å². The smallest absolute Gasteiger partial charge is 0.225 e. The normalized spacial score (nSPS) is 11.2. The third kappa shape index (κ3) is 7.80. The van der Waals surface area contributed by atoms with Crippen LogP contribution < -0.4 is 25.4 Å². The summed E-state index contributed by atoms with van der Waals surface area (Å²) in [5.74, 6) is 1.92. The fraction of sp³-hybridized carbons (Fsp3) is 0.529. The van der Waals surface area contributed by atoms with Gasteiger partial charge in [-0.15, -0.1) is 24.0 Å². The highest BCUT2D eigenvalue weighted by Gasteiger charge is 2.20. The second-order valence-corrected chi connectivity index (χ2v) is 6.20. The molecule has 0 radical (unpaired) electrons. The summed E-state index contributed by atoms with van der Waals surface area (Å²) in [4.78, 5) is 15.9. The minimum atomic E-state index is -0.389. The van der Waals surface area contributed by atoms with Gasteiger partial charge in [0.1, 0.15) is 0 Å². The first kappa shape index (κ1) is 23.3. The van der Waals surface area contributed by atoms with Gasteiger partial charge in [0.25, 0.3) is 0 Å². The molecule has 0 spiro atoms. The minimum Gasteiger partial charge on any atom is -0.493 e. The average molecular weight is 464 g/mol. The van der Waals surface area contributed by atoms with Crippen molar-refractivity contribution in [1.82, 2.24) is 10.6 Å². The van der Waals surface area contributed by atoms with Crippen LogP contribution in [0.5, 0.6) is 11.5 Å². The number of hydrogen-bond donors (Lipinski definition) is 3. The molecule has 0 fully saturated rings. The molecule has 0 saturated heterocycles. The molecule has 1 rings (SSSR count). The van der Waals surface area contributed by atoms with Crippen LogP contribution in [0, 0.1) is 5.41 Å². The Morgan fingerprint density at radius 3 is 2.20 bits per heavy atom. The Kier molecular flexibility index (Phi) is 10.3. The van der Waals surface area contributed by atoms with E-state index in [-0.39, 0.29) is 35.3 Å². The van der Waals surface area contributed by atoms with Crippen molar-refractivity contribution in [3.63, 3.8) is 0 Å². The number of rotatable bonds is 6. The summed E-state index contributed by atoms with van der Waals surface area (Å²) in [5, 5.41) is 9.19. The second kappa shape index (κ2) is 11.0. The molecule has 0 unspecified atom stereocenters. The lowest BCUT2D eigenvalue weighted by Crippen LogP contribution is -2.41. The topological polar surface area (TPSA) is 84.0 Å². The number of benzene rings is 1. The molecule has 142 valence electrons. The Bertz CT molecular complexity index is 586. The van der Waals surface area contributed by atoms with Crippen LogP contribution >= 0.6 is 24.0 Å². The lowest BCUT2D eigenvalue weighted by Gasteiger charge is -2.18. The number of methoxy groups -OCH3 is 2. The summed E-state index contributed by atoms with van der Waals surface area (Å²) in [6.45, 7) is 6.73. The van der Waals surface area contributed by atoms with E-state index in [0.29, 0.717) is 30.5 Å². The SMILES string of the molecule is CN=C(NCCNC(=O)C(C)(C)C)Nc1ccc(OC)c(OC)c1.I. The molecule has 0 aliphatic carbocycles. The quantitative estimate of drug-likeness (QED) is 0.261. The zero-order chi connectivity index (χ0) is 18.2. The van der Waals surface area contributed by atoms with E-state index >= 15 is 0 Å². The van der Waals surface area contributed by atoms with E-state index in [1.165, 1.54) is 0 Å². The van der Waals surface area contributed by atoms with Gasteiger partial charge in [0.05, 0.1) is 14.2 Å². The molecule has 25 heavy (non-hydrogen) atoms. The number of carbonyl (C=O) groups excluding carboxylic acids is 1. The van der Waals surface area contributed by atoms with E-state index in [0.717, 1.165) is 5.69 Å². The second-order valence-electron chi connectivity index (χ2n) is 6.20. The van der Waals surface area contributed by atoms with Crippen LogP contribution in [0.2, 0.25) is 0 Å². The highest BCUT2D eigenvalue weighted by molar-refractivity contribution is 14.0. The molecular weight excluding hydrogens is 435 g/mol. The van der Waals surface area contributed by atoms with Crippen molar-refractivity contribution in [2.45, 2.75) is 20.8 Å². The number of carbonyl (C=O) groups is 1. The number of nitrogens with one attached hydrogen (secondary N) is 3. The van der Waals surface area contributed by atoms with E-state index in [9.17, 15) is 4.79 Å². The van der Waals surface area contributed by atoms with Gasteiger partial charge in [0.15, 0.2) is 17.5 Å². The largest absolute Gasteiger partial charge is 0.493 e. The number of halogens is 1. The number of amides is 1. The summed E-state index contributed by atoms with van der Waals surface area (Å²) in [6.07, 6.45) is 0. The van der Waals surface area contributed by atoms with Crippen molar-refractivity contribution in [3.8, 4) is 11.5 Å². The zero-order valence-corrected chi connectivity index (χ0v) is 18.1. The monoisotopic (exact) mass is 464 g/mol. The summed E-state index contributed by atoms with van der Waals surface area (Å²) >= 11 is 0. The molecule has 7 nitrogen and oxygen atoms in total. The van der Waals surface area contributed by atoms with Gasteiger partial charge in [0, 0.05) is 37.3 Å². The fourth-order valence-corrected chi connectivity index (χ4v) is 1.85. The number of guanidine groups is 1. The van der Waals surface area contributed by atoms with Gasteiger partial charge < -0.3 is 25.4 Å². The fourth-order valence-electron chi connectivity index (χ4n) is 1.85. The van der Waals surface area contributed by atoms with Gasteiger partial charge in [-0.25, -0.2) is 0 Å². The molecule has 1 aromatic carbocycles. The molecule has 0 saturated carbocycles. The third-order valence-corrected chi connectivity index (χ3v) is 3.25. The maximum atomic E-state index is 11.8. The van der Waals surface area contributed by atoms with Gasteiger partial charge in [-0.2, -0.15) is 0 Å². The van der Waals surface area contributed by atoms with Crippen LogP contribution in [0.15, 0.2) is 23.2 Å². The highest BCUT2D eigenvalue weighted by Crippen LogP contribution is 2.29. The number of anilines is 1. The molecule has 1 aromatic rings. The standard InChI is InChI=1S/C17H28N4O3.HI/c1-17(2,3)15(22)19-9-10-20-16(18-4)21-12-7-8-13(23-5)14(11-12)24-6;/h7-8,11H,9-10H2,1-6H3,(H,19,22)(H2,18,20,21);1H. The number of hydrogen-bond acceptors (Lipinski definition) is 4. The molecule has 0 atom stereocenters. The summed E-state index contributed by atoms with van der Waals surface area (Å²) < 4.78 is 10.5. The van der Waals surface area contributed by atoms with Crippen molar-refractivity contribution < 1.29 is 14.3 Å². The van der Waals surface area contributed by atoms with Crippen LogP contribution in [-0.4, -0.2) is 46.2 Å². The molecule has 0 aromatic heterocycles. The summed E-state index contributed by atoms with van der Waals surface area (Å²) in [7, 11) is 4.87. The van der Waals surface area contributed by atoms with Crippen molar-refractivity contribution in [2.24, 2.45) is 10.4 Å². The Labute approximate surface area is 167 Å². The van der Waals surface area contributed by atoms with Crippen LogP contribution in [0.4, 0.5) is 5.69 Å². The van der Waals surface area contributed by atoms with Gasteiger partial charge in [-0.05, 0) is 12.1 Å². The molecule has 0 heterocycles. The Morgan fingerprint density at radius 1 is 1.08 bits per heavy atom. The van der Waals surface area contributed by atoms with Crippen LogP contribution in [-0.2, 0) is 4.79 Å². The van der Waals surface area contributed by atoms with Crippen LogP contribution in [0.25, 0.3) is 0 Å². The Balaban J connectivity index is 0.00000576. The highest BCUT2D eigenvalue weighted by atomic mass is 127. The predicted octanol–water partition coefficient (Wildman–Crippen LogP) is 2.47. The van der Waals surface area contributed by atoms with Gasteiger partial charge in [-0.1, -0.05) is 20.8 Å². The molecule has 1 amide bonds. The molecule has 0 aliphatic heterocycles. The van der Waals surface area contributed by atoms with Crippen molar-refractivity contribution in [2.75, 3.05) is 39.7 Å². The molecule has 8 heteroatoms. The first-order valence-electron chi connectivity index (χ1n) is 7.79. The van der Waals surface area contributed by atoms with E-state index in [1.54, 1.807) is 21.3 Å². The van der Waals surface area contributed by atoms with Gasteiger partial charge in [0.2, 0.25) is 5.91 Å². The average Bonchev–Trinajstić information content (AvgIpc) is 2.56. The minimum absolute atomic E-state index is 0. The van der Waals surface area contributed by atoms with E-state index < -0.39 is 0 Å². The third-order valence-electron chi connectivity index (χ3n) is 3.25. The molecule has 3 N–H and O–H groups in total. The maximum absolute atomic E-state index is 11.8. The van der Waals surface area contributed by atoms with Crippen molar-refractivity contribution in [1.29, 1.82) is 0 Å². The molecule has 0 bridgehead atoms. The molecule has 0 aliphatic rings. The van der Waals surface area contributed by atoms with E-state index in [1.807, 2.05) is 39.0 Å². The maximum Gasteiger partial charge on any atom is 0.225 e. The number of aliphatic imine (C=N–C) groups is 1. The molecular formula is C17H29IN4O3. The van der Waals surface area contributed by atoms with Gasteiger partial charge >= 0.3 is 0 Å². The first-order chi connectivity index (χ1) is 11.3. The van der Waals surface area contributed by atoms with E-state index in [2.05, 4.69) is 20.9 Å². The Hall–Kier alpha value is -1.71. The van der Waals surface area contributed by atoms with Crippen LogP contribution in [0.1, 0.15) is 20.8 Å². The first-order valence-corrected chi connectivity index (χ1v) is 7.79. The zero-order valence-electron chi connectivity index (χ0n) is 15.7. The summed E-state index contributed by atoms with van der Waals surface area (Å²) in [6, 6.07) is 5.51. The summed E-state index contributed by atoms with van der Waals surface area (Å²) in [5.41, 5.74) is 0.430. The van der Waals surface area contributed by atoms with Crippen molar-refractivity contribution >= 4 is 41.5 Å². The van der Waals surface area contributed by atoms with Crippen molar-refractivity contribution in [3.05, 3.63) is 18.2 Å². The van der Waals surface area contributed by atoms with E-state index in [4.69, 9.17) is 9.47 Å². The lowest BCUT2D eigenvalue weighted by atomic mass is 9.96. The number of nitrogens with zero attached hydrogens (tertiary/aromatic N) is 1. The number of ether oxygens (including phenoxy) is 2. The lowest BCUT2D eigenvalue weighted by molar-refractivity contribution is -0.128. The van der Waals surface area contributed by atoms with Gasteiger partial charge in [-0.3, -0.25) is 9.79 Å². The Morgan fingerprint density at radius 2 is 1.68 bits per heavy atom.